The number of carbonyl (C=O) groups is 5. The molecule has 1 unspecified atom stereocenters. The van der Waals surface area contributed by atoms with Gasteiger partial charge in [0.1, 0.15) is 6.04 Å². The number of anilines is 1. The van der Waals surface area contributed by atoms with Gasteiger partial charge in [-0.1, -0.05) is 6.07 Å². The van der Waals surface area contributed by atoms with Crippen LogP contribution in [0.1, 0.15) is 46.4 Å². The lowest BCUT2D eigenvalue weighted by molar-refractivity contribution is -0.138. The Morgan fingerprint density at radius 3 is 2.68 bits per heavy atom. The highest BCUT2D eigenvalue weighted by Crippen LogP contribution is 2.32. The van der Waals surface area contributed by atoms with Crippen LogP contribution >= 0.6 is 0 Å². The molecule has 206 valence electrons. The average Bonchev–Trinajstić information content (AvgIpc) is 3.11. The molecular weight excluding hydrogens is 500 g/mol. The monoisotopic (exact) mass is 532 g/mol. The number of carboxylic acids is 1. The first-order chi connectivity index (χ1) is 18.2. The fraction of sp³-hybridized carbons (Fsp3) is 0.458. The summed E-state index contributed by atoms with van der Waals surface area (Å²) in [7, 11) is 0. The highest BCUT2D eigenvalue weighted by molar-refractivity contribution is 6.25. The summed E-state index contributed by atoms with van der Waals surface area (Å²) in [5.74, 6) is 2.60. The minimum atomic E-state index is -1.02. The lowest BCUT2D eigenvalue weighted by atomic mass is 10.0. The maximum atomic E-state index is 13.1. The van der Waals surface area contributed by atoms with E-state index in [9.17, 15) is 24.0 Å². The van der Waals surface area contributed by atoms with Crippen LogP contribution in [0.2, 0.25) is 0 Å². The first kappa shape index (κ1) is 28.6. The maximum Gasteiger partial charge on any atom is 0.303 e. The van der Waals surface area contributed by atoms with E-state index in [1.807, 2.05) is 0 Å². The Hall–Kier alpha value is -4.01. The summed E-state index contributed by atoms with van der Waals surface area (Å²) in [6, 6.07) is 3.81. The minimum absolute atomic E-state index is 0.0200. The number of nitrogens with two attached hydrogens (primary N) is 2. The van der Waals surface area contributed by atoms with E-state index in [1.54, 1.807) is 12.1 Å². The smallest absolute Gasteiger partial charge is 0.303 e. The van der Waals surface area contributed by atoms with Crippen LogP contribution in [0.5, 0.6) is 0 Å². The number of piperidine rings is 1. The molecule has 2 aliphatic rings. The van der Waals surface area contributed by atoms with Crippen molar-refractivity contribution in [3.05, 3.63) is 41.2 Å². The molecule has 0 radical (unpaired) electrons. The van der Waals surface area contributed by atoms with Crippen molar-refractivity contribution in [1.29, 1.82) is 0 Å². The molecule has 0 spiro atoms. The average molecular weight is 533 g/mol. The van der Waals surface area contributed by atoms with Crippen LogP contribution in [-0.4, -0.2) is 90.2 Å². The number of carbonyl (C=O) groups excluding carboxylic acids is 4. The SMILES string of the molecule is N/C(=C\N(N)CCCC(=O)O)COCCOCCNc1cccc2c1C(=O)N(C1CCC(=O)NC1=O)C2=O. The third-order valence-electron chi connectivity index (χ3n) is 5.81. The predicted octanol–water partition coefficient (Wildman–Crippen LogP) is -0.626. The normalized spacial score (nSPS) is 17.4. The van der Waals surface area contributed by atoms with E-state index in [2.05, 4.69) is 10.6 Å². The molecule has 4 amide bonds. The second kappa shape index (κ2) is 13.5. The number of amides is 4. The van der Waals surface area contributed by atoms with Crippen molar-refractivity contribution in [1.82, 2.24) is 15.2 Å². The quantitative estimate of drug-likeness (QED) is 0.0828. The summed E-state index contributed by atoms with van der Waals surface area (Å²) >= 11 is 0. The molecule has 2 heterocycles. The highest BCUT2D eigenvalue weighted by atomic mass is 16.5. The molecule has 0 aliphatic carbocycles. The fourth-order valence-corrected chi connectivity index (χ4v) is 4.06. The standard InChI is InChI=1S/C24H32N6O8/c25-15(13-29(26)9-2-5-20(32)33)14-38-12-11-37-10-8-27-17-4-1-3-16-21(17)24(36)30(23(16)35)18-6-7-19(31)28-22(18)34/h1,3-4,13,18,27H,2,5-12,14,25-26H2,(H,32,33)(H,28,31,34)/b15-13-. The topological polar surface area (TPSA) is 207 Å². The van der Waals surface area contributed by atoms with Crippen molar-refractivity contribution < 1.29 is 38.6 Å². The van der Waals surface area contributed by atoms with Gasteiger partial charge in [-0.05, 0) is 25.0 Å². The van der Waals surface area contributed by atoms with Crippen molar-refractivity contribution in [3.63, 3.8) is 0 Å². The number of benzene rings is 1. The zero-order chi connectivity index (χ0) is 27.7. The van der Waals surface area contributed by atoms with Gasteiger partial charge in [0.15, 0.2) is 0 Å². The number of rotatable bonds is 15. The summed E-state index contributed by atoms with van der Waals surface area (Å²) in [6.45, 7) is 1.67. The van der Waals surface area contributed by atoms with E-state index in [-0.39, 0.29) is 56.8 Å². The molecule has 0 saturated carbocycles. The lowest BCUT2D eigenvalue weighted by Gasteiger charge is -2.27. The number of aliphatic carboxylic acids is 1. The van der Waals surface area contributed by atoms with Gasteiger partial charge in [0.2, 0.25) is 11.8 Å². The van der Waals surface area contributed by atoms with E-state index >= 15 is 0 Å². The van der Waals surface area contributed by atoms with Crippen LogP contribution in [0.15, 0.2) is 30.1 Å². The molecule has 14 heteroatoms. The predicted molar refractivity (Wildman–Crippen MR) is 133 cm³/mol. The summed E-state index contributed by atoms with van der Waals surface area (Å²) in [5, 5.41) is 15.2. The second-order valence-electron chi connectivity index (χ2n) is 8.71. The highest BCUT2D eigenvalue weighted by Gasteiger charge is 2.45. The molecule has 3 rings (SSSR count). The van der Waals surface area contributed by atoms with Gasteiger partial charge in [0, 0.05) is 37.8 Å². The van der Waals surface area contributed by atoms with Gasteiger partial charge in [-0.15, -0.1) is 0 Å². The Morgan fingerprint density at radius 2 is 1.95 bits per heavy atom. The van der Waals surface area contributed by atoms with Crippen LogP contribution in [0.4, 0.5) is 5.69 Å². The van der Waals surface area contributed by atoms with Crippen molar-refractivity contribution in [3.8, 4) is 0 Å². The lowest BCUT2D eigenvalue weighted by Crippen LogP contribution is -2.54. The van der Waals surface area contributed by atoms with E-state index in [0.29, 0.717) is 30.9 Å². The van der Waals surface area contributed by atoms with Crippen molar-refractivity contribution in [2.24, 2.45) is 11.6 Å². The van der Waals surface area contributed by atoms with Gasteiger partial charge >= 0.3 is 5.97 Å². The third kappa shape index (κ3) is 7.50. The molecule has 1 fully saturated rings. The molecular formula is C24H32N6O8. The Balaban J connectivity index is 1.38. The van der Waals surface area contributed by atoms with Crippen molar-refractivity contribution in [2.75, 3.05) is 44.8 Å². The third-order valence-corrected chi connectivity index (χ3v) is 5.81. The van der Waals surface area contributed by atoms with Crippen LogP contribution in [0.3, 0.4) is 0 Å². The van der Waals surface area contributed by atoms with Crippen LogP contribution in [0.25, 0.3) is 0 Å². The Labute approximate surface area is 218 Å². The number of carboxylic acid groups (broad SMARTS) is 1. The number of hydrazine groups is 1. The fourth-order valence-electron chi connectivity index (χ4n) is 4.06. The largest absolute Gasteiger partial charge is 0.481 e. The summed E-state index contributed by atoms with van der Waals surface area (Å²) in [6.07, 6.45) is 2.05. The maximum absolute atomic E-state index is 13.1. The minimum Gasteiger partial charge on any atom is -0.481 e. The summed E-state index contributed by atoms with van der Waals surface area (Å²) in [4.78, 5) is 61.0. The zero-order valence-electron chi connectivity index (χ0n) is 20.8. The number of hydrogen-bond acceptors (Lipinski definition) is 11. The van der Waals surface area contributed by atoms with Crippen LogP contribution in [0, 0.1) is 0 Å². The van der Waals surface area contributed by atoms with E-state index in [4.69, 9.17) is 26.2 Å². The first-order valence-electron chi connectivity index (χ1n) is 12.1. The first-order valence-corrected chi connectivity index (χ1v) is 12.1. The van der Waals surface area contributed by atoms with E-state index in [1.165, 1.54) is 17.3 Å². The molecule has 2 aliphatic heterocycles. The number of hydrogen-bond donors (Lipinski definition) is 5. The van der Waals surface area contributed by atoms with Crippen LogP contribution < -0.4 is 22.2 Å². The summed E-state index contributed by atoms with van der Waals surface area (Å²) < 4.78 is 10.9. The van der Waals surface area contributed by atoms with E-state index < -0.39 is 35.6 Å². The van der Waals surface area contributed by atoms with Crippen LogP contribution in [-0.2, 0) is 23.9 Å². The summed E-state index contributed by atoms with van der Waals surface area (Å²) in [5.41, 5.74) is 7.04. The number of imide groups is 2. The molecule has 1 atom stereocenters. The molecule has 7 N–H and O–H groups in total. The Kier molecular flexibility index (Phi) is 10.2. The molecule has 1 saturated heterocycles. The Morgan fingerprint density at radius 1 is 1.18 bits per heavy atom. The van der Waals surface area contributed by atoms with Gasteiger partial charge in [-0.2, -0.15) is 0 Å². The van der Waals surface area contributed by atoms with Gasteiger partial charge in [-0.3, -0.25) is 34.2 Å². The number of nitrogens with zero attached hydrogens (tertiary/aromatic N) is 2. The zero-order valence-corrected chi connectivity index (χ0v) is 20.8. The number of nitrogens with one attached hydrogen (secondary N) is 2. The van der Waals surface area contributed by atoms with E-state index in [0.717, 1.165) is 4.90 Å². The molecule has 0 bridgehead atoms. The van der Waals surface area contributed by atoms with Crippen molar-refractivity contribution >= 4 is 35.3 Å². The molecule has 38 heavy (non-hydrogen) atoms. The Bertz CT molecular complexity index is 1110. The van der Waals surface area contributed by atoms with Gasteiger partial charge in [-0.25, -0.2) is 5.84 Å². The van der Waals surface area contributed by atoms with Crippen molar-refractivity contribution in [2.45, 2.75) is 31.7 Å². The number of ether oxygens (including phenoxy) is 2. The molecule has 14 nitrogen and oxygen atoms in total. The van der Waals surface area contributed by atoms with Gasteiger partial charge < -0.3 is 30.6 Å². The van der Waals surface area contributed by atoms with Gasteiger partial charge in [0.25, 0.3) is 11.8 Å². The molecule has 1 aromatic carbocycles. The molecule has 0 aromatic heterocycles. The number of fused-ring (bicyclic) bond motifs is 1. The second-order valence-corrected chi connectivity index (χ2v) is 8.71. The molecule has 1 aromatic rings. The van der Waals surface area contributed by atoms with Gasteiger partial charge in [0.05, 0.1) is 43.3 Å².